The largest absolute Gasteiger partial charge is 0.496 e. The summed E-state index contributed by atoms with van der Waals surface area (Å²) in [7, 11) is 5.33. The molecule has 15 rings (SSSR count). The Morgan fingerprint density at radius 2 is 0.890 bits per heavy atom. The van der Waals surface area contributed by atoms with E-state index in [1.54, 1.807) is 37.9 Å². The van der Waals surface area contributed by atoms with E-state index >= 15 is 0 Å². The predicted octanol–water partition coefficient (Wildman–Crippen LogP) is 17.1. The van der Waals surface area contributed by atoms with Crippen LogP contribution in [0.4, 0.5) is 0 Å². The highest BCUT2D eigenvalue weighted by Gasteiger charge is 2.46. The molecule has 9 fully saturated rings. The molecule has 0 unspecified atom stereocenters. The van der Waals surface area contributed by atoms with Gasteiger partial charge in [0.1, 0.15) is 23.5 Å². The van der Waals surface area contributed by atoms with E-state index in [0.29, 0.717) is 28.9 Å². The lowest BCUT2D eigenvalue weighted by Gasteiger charge is -2.40. The van der Waals surface area contributed by atoms with Gasteiger partial charge in [0, 0.05) is 28.7 Å². The molecule has 4 aromatic carbocycles. The molecule has 6 saturated carbocycles. The van der Waals surface area contributed by atoms with Gasteiger partial charge in [-0.2, -0.15) is 11.3 Å². The van der Waals surface area contributed by atoms with Crippen LogP contribution in [0.25, 0.3) is 22.3 Å². The molecule has 9 aliphatic rings. The number of methoxy groups -OCH3 is 3. The molecule has 10 heteroatoms. The number of thiophene rings is 1. The molecule has 9 atom stereocenters. The lowest BCUT2D eigenvalue weighted by molar-refractivity contribution is 0.103. The quantitative estimate of drug-likeness (QED) is 0.106. The number of halogens is 1. The average molecular weight is 1140 g/mol. The van der Waals surface area contributed by atoms with Crippen molar-refractivity contribution in [1.29, 1.82) is 0 Å². The Hall–Kier alpha value is -4.90. The second-order valence-electron chi connectivity index (χ2n) is 26.4. The standard InChI is InChI=1S/C25H30ClNO.C24H29NO3.C23H29NOS/c1-28-25-9-6-20(18-4-7-22(26)8-5-18)16-23(25)19-10-12-27(13-11-19)24-15-17-2-3-21(24)14-17;1-27-23-5-4-19(24(26)20-8-11-28-15-20)14-21(23)17-6-9-25(10-7-17)22-13-16-2-3-18(22)12-16;1-25-23-5-4-18(20-8-11-26-15-20)14-21(23)17-6-9-24(10-7-17)22-13-16-2-3-19(22)12-16/h4-9,16-17,19,21,24H,2-3,10-15H2,1H3;4-5,8,11,14-18,22H,2-3,6-7,9-10,12-13H2,1H3;4-5,8,11,14-17,19,22H,2-3,6-7,9-10,12-13H2,1H3/t17-,21-,24-;16-,18-,22-;16-,19-,22-/m000/s1. The molecule has 2 aromatic heterocycles. The maximum atomic E-state index is 12.7. The maximum absolute atomic E-state index is 12.7. The van der Waals surface area contributed by atoms with Crippen molar-refractivity contribution in [3.8, 4) is 39.5 Å². The Kier molecular flexibility index (Phi) is 17.4. The highest BCUT2D eigenvalue weighted by atomic mass is 35.5. The number of ether oxygens (including phenoxy) is 3. The highest BCUT2D eigenvalue weighted by Crippen LogP contribution is 2.51. The summed E-state index contributed by atoms with van der Waals surface area (Å²) in [4.78, 5) is 21.1. The lowest BCUT2D eigenvalue weighted by Crippen LogP contribution is -2.43. The lowest BCUT2D eigenvalue weighted by atomic mass is 9.85. The number of benzene rings is 4. The Morgan fingerprint density at radius 1 is 0.463 bits per heavy atom. The number of ketones is 1. The van der Waals surface area contributed by atoms with Gasteiger partial charge in [0.25, 0.3) is 0 Å². The van der Waals surface area contributed by atoms with Gasteiger partial charge in [-0.3, -0.25) is 4.79 Å². The minimum Gasteiger partial charge on any atom is -0.496 e. The van der Waals surface area contributed by atoms with Gasteiger partial charge in [0.15, 0.2) is 5.78 Å². The van der Waals surface area contributed by atoms with Crippen LogP contribution in [0.5, 0.6) is 17.2 Å². The van der Waals surface area contributed by atoms with E-state index in [-0.39, 0.29) is 5.78 Å². The third-order valence-electron chi connectivity index (χ3n) is 22.2. The van der Waals surface area contributed by atoms with E-state index in [1.807, 2.05) is 37.4 Å². The first-order chi connectivity index (χ1) is 40.2. The summed E-state index contributed by atoms with van der Waals surface area (Å²) in [5.74, 6) is 10.7. The third-order valence-corrected chi connectivity index (χ3v) is 23.1. The average Bonchev–Trinajstić information content (AvgIpc) is 4.55. The Labute approximate surface area is 498 Å². The number of nitrogens with zero attached hydrogens (tertiary/aromatic N) is 3. The minimum absolute atomic E-state index is 0.0112. The molecule has 3 saturated heterocycles. The van der Waals surface area contributed by atoms with Crippen LogP contribution in [0.15, 0.2) is 119 Å². The van der Waals surface area contributed by atoms with Crippen LogP contribution in [-0.2, 0) is 0 Å². The number of hydrogen-bond acceptors (Lipinski definition) is 9. The van der Waals surface area contributed by atoms with Gasteiger partial charge in [0.05, 0.1) is 33.2 Å². The van der Waals surface area contributed by atoms with Gasteiger partial charge in [-0.1, -0.05) is 55.1 Å². The van der Waals surface area contributed by atoms with Crippen molar-refractivity contribution in [1.82, 2.24) is 14.7 Å². The Balaban J connectivity index is 0.000000116. The molecule has 434 valence electrons. The van der Waals surface area contributed by atoms with Crippen molar-refractivity contribution in [3.63, 3.8) is 0 Å². The molecule has 3 aliphatic heterocycles. The van der Waals surface area contributed by atoms with E-state index in [2.05, 4.69) is 80.1 Å². The zero-order chi connectivity index (χ0) is 55.7. The molecule has 82 heavy (non-hydrogen) atoms. The molecule has 0 amide bonds. The summed E-state index contributed by atoms with van der Waals surface area (Å²) >= 11 is 7.83. The minimum atomic E-state index is 0.0112. The second-order valence-corrected chi connectivity index (χ2v) is 27.6. The molecule has 0 N–H and O–H groups in total. The SMILES string of the molecule is COc1ccc(-c2ccc(Cl)cc2)cc1C1CCN([C@H]2C[C@H]3CC[C@H]2C3)CC1.COc1ccc(-c2ccsc2)cc1C1CCN([C@H]2C[C@H]3CC[C@H]2C3)CC1.COc1ccc(C(=O)c2ccoc2)cc1C1CCN([C@H]2C[C@H]3CC[C@H]2C3)CC1. The summed E-state index contributed by atoms with van der Waals surface area (Å²) in [5, 5.41) is 5.18. The van der Waals surface area contributed by atoms with Crippen molar-refractivity contribution < 1.29 is 23.4 Å². The Bertz CT molecular complexity index is 3070. The van der Waals surface area contributed by atoms with Crippen molar-refractivity contribution in [2.45, 2.75) is 151 Å². The van der Waals surface area contributed by atoms with Gasteiger partial charge < -0.3 is 33.3 Å². The van der Waals surface area contributed by atoms with Gasteiger partial charge in [-0.05, 0) is 305 Å². The maximum Gasteiger partial charge on any atom is 0.196 e. The van der Waals surface area contributed by atoms with E-state index in [9.17, 15) is 4.79 Å². The molecule has 6 bridgehead atoms. The molecular formula is C72H88ClN3O5S. The fraction of sp³-hybridized carbons (Fsp3) is 0.542. The van der Waals surface area contributed by atoms with Crippen molar-refractivity contribution in [3.05, 3.63) is 147 Å². The zero-order valence-corrected chi connectivity index (χ0v) is 50.6. The number of fused-ring (bicyclic) bond motifs is 6. The molecule has 6 aromatic rings. The summed E-state index contributed by atoms with van der Waals surface area (Å²) in [6, 6.07) is 34.0. The number of carbonyl (C=O) groups excluding carboxylic acids is 1. The first-order valence-corrected chi connectivity index (χ1v) is 33.2. The normalized spacial score (nSPS) is 28.4. The van der Waals surface area contributed by atoms with Crippen LogP contribution < -0.4 is 14.2 Å². The van der Waals surface area contributed by atoms with Gasteiger partial charge in [-0.25, -0.2) is 0 Å². The van der Waals surface area contributed by atoms with Crippen LogP contribution in [-0.4, -0.2) is 99.2 Å². The van der Waals surface area contributed by atoms with Crippen molar-refractivity contribution >= 4 is 28.7 Å². The van der Waals surface area contributed by atoms with Crippen LogP contribution in [0.2, 0.25) is 5.02 Å². The van der Waals surface area contributed by atoms with Crippen LogP contribution in [0.3, 0.4) is 0 Å². The van der Waals surface area contributed by atoms with Crippen molar-refractivity contribution in [2.24, 2.45) is 35.5 Å². The second kappa shape index (κ2) is 25.4. The summed E-state index contributed by atoms with van der Waals surface area (Å²) in [5.41, 5.74) is 10.4. The Morgan fingerprint density at radius 3 is 1.27 bits per heavy atom. The fourth-order valence-corrected chi connectivity index (χ4v) is 18.7. The zero-order valence-electron chi connectivity index (χ0n) is 49.0. The number of rotatable bonds is 13. The number of piperidine rings is 3. The number of carbonyl (C=O) groups is 1. The molecule has 8 nitrogen and oxygen atoms in total. The van der Waals surface area contributed by atoms with Crippen molar-refractivity contribution in [2.75, 3.05) is 60.6 Å². The smallest absolute Gasteiger partial charge is 0.196 e. The summed E-state index contributed by atoms with van der Waals surface area (Å²) in [6.07, 6.45) is 28.1. The molecular weight excluding hydrogens is 1050 g/mol. The van der Waals surface area contributed by atoms with E-state index in [0.717, 1.165) is 88.7 Å². The van der Waals surface area contributed by atoms with E-state index in [1.165, 1.54) is 187 Å². The van der Waals surface area contributed by atoms with E-state index < -0.39 is 0 Å². The number of likely N-dealkylation sites (tertiary alicyclic amines) is 3. The molecule has 5 heterocycles. The number of furan rings is 1. The van der Waals surface area contributed by atoms with E-state index in [4.69, 9.17) is 30.2 Å². The highest BCUT2D eigenvalue weighted by molar-refractivity contribution is 7.08. The fourth-order valence-electron chi connectivity index (χ4n) is 17.9. The molecule has 0 spiro atoms. The first-order valence-electron chi connectivity index (χ1n) is 31.9. The topological polar surface area (TPSA) is 67.6 Å². The molecule has 6 aliphatic carbocycles. The van der Waals surface area contributed by atoms with Crippen LogP contribution in [0.1, 0.15) is 166 Å². The van der Waals surface area contributed by atoms with Crippen LogP contribution in [0, 0.1) is 35.5 Å². The van der Waals surface area contributed by atoms with Gasteiger partial charge in [-0.15, -0.1) is 0 Å². The first kappa shape index (κ1) is 56.2. The third kappa shape index (κ3) is 12.0. The molecule has 0 radical (unpaired) electrons. The number of hydrogen-bond donors (Lipinski definition) is 0. The summed E-state index contributed by atoms with van der Waals surface area (Å²) < 4.78 is 22.2. The monoisotopic (exact) mass is 1140 g/mol. The predicted molar refractivity (Wildman–Crippen MR) is 333 cm³/mol. The van der Waals surface area contributed by atoms with Gasteiger partial charge >= 0.3 is 0 Å². The van der Waals surface area contributed by atoms with Gasteiger partial charge in [0.2, 0.25) is 0 Å². The van der Waals surface area contributed by atoms with Crippen LogP contribution >= 0.6 is 22.9 Å². The summed E-state index contributed by atoms with van der Waals surface area (Å²) in [6.45, 7) is 7.36.